The third-order valence-electron chi connectivity index (χ3n) is 4.92. The van der Waals surface area contributed by atoms with Gasteiger partial charge in [0.15, 0.2) is 11.6 Å². The Bertz CT molecular complexity index is 989. The third kappa shape index (κ3) is 6.60. The molecule has 0 saturated heterocycles. The van der Waals surface area contributed by atoms with E-state index in [0.717, 1.165) is 12.1 Å². The van der Waals surface area contributed by atoms with Crippen LogP contribution in [0.5, 0.6) is 11.5 Å². The number of nitrogens with one attached hydrogen (secondary N) is 2. The standard InChI is InChI=1S/C22H22ClF3N4O4/c23-17-9-15(1-3-18(17)24)31-7-5-13-11-33-21(27-13)29-30-22-28-14(12-34-22)6-8-32-16-2-4-19(25)20(26)10-16/h1-4,9-10,13-14H,5-8,11-12H2,(H,27,29)(H,28,30). The second kappa shape index (κ2) is 11.2. The number of hydrogen-bond acceptors (Lipinski definition) is 8. The summed E-state index contributed by atoms with van der Waals surface area (Å²) in [6.45, 7) is 1.37. The van der Waals surface area contributed by atoms with Gasteiger partial charge in [0.25, 0.3) is 0 Å². The summed E-state index contributed by atoms with van der Waals surface area (Å²) in [5.74, 6) is -1.64. The van der Waals surface area contributed by atoms with E-state index in [9.17, 15) is 13.2 Å². The molecule has 0 spiro atoms. The van der Waals surface area contributed by atoms with E-state index in [-0.39, 0.29) is 35.5 Å². The Kier molecular flexibility index (Phi) is 7.84. The van der Waals surface area contributed by atoms with E-state index in [1.54, 1.807) is 0 Å². The molecule has 0 saturated carbocycles. The number of ether oxygens (including phenoxy) is 4. The van der Waals surface area contributed by atoms with Crippen LogP contribution < -0.4 is 20.3 Å². The Morgan fingerprint density at radius 1 is 0.794 bits per heavy atom. The Morgan fingerprint density at radius 2 is 1.32 bits per heavy atom. The molecule has 2 aliphatic heterocycles. The number of hydrazine groups is 1. The van der Waals surface area contributed by atoms with Gasteiger partial charge in [-0.1, -0.05) is 11.6 Å². The van der Waals surface area contributed by atoms with E-state index >= 15 is 0 Å². The lowest BCUT2D eigenvalue weighted by molar-refractivity contribution is 0.254. The van der Waals surface area contributed by atoms with Crippen molar-refractivity contribution >= 4 is 23.6 Å². The molecule has 8 nitrogen and oxygen atoms in total. The van der Waals surface area contributed by atoms with Gasteiger partial charge in [-0.05, 0) is 24.3 Å². The Labute approximate surface area is 198 Å². The maximum atomic E-state index is 13.2. The molecule has 2 atom stereocenters. The fraction of sp³-hybridized carbons (Fsp3) is 0.364. The highest BCUT2D eigenvalue weighted by atomic mass is 35.5. The van der Waals surface area contributed by atoms with Crippen molar-refractivity contribution in [2.75, 3.05) is 26.4 Å². The molecule has 0 amide bonds. The number of halogens is 4. The summed E-state index contributed by atoms with van der Waals surface area (Å²) in [4.78, 5) is 8.76. The van der Waals surface area contributed by atoms with Gasteiger partial charge >= 0.3 is 12.0 Å². The highest BCUT2D eigenvalue weighted by molar-refractivity contribution is 6.30. The molecule has 0 aliphatic carbocycles. The smallest absolute Gasteiger partial charge is 0.304 e. The van der Waals surface area contributed by atoms with Crippen LogP contribution in [0.25, 0.3) is 0 Å². The van der Waals surface area contributed by atoms with Crippen molar-refractivity contribution < 1.29 is 32.1 Å². The first-order valence-electron chi connectivity index (χ1n) is 10.5. The van der Waals surface area contributed by atoms with Gasteiger partial charge in [0.05, 0.1) is 30.3 Å². The lowest BCUT2D eigenvalue weighted by Crippen LogP contribution is -2.41. The first-order chi connectivity index (χ1) is 16.5. The molecule has 0 bridgehead atoms. The minimum Gasteiger partial charge on any atom is -0.493 e. The zero-order valence-corrected chi connectivity index (χ0v) is 18.7. The van der Waals surface area contributed by atoms with Crippen LogP contribution in [0, 0.1) is 17.5 Å². The highest BCUT2D eigenvalue weighted by Crippen LogP contribution is 2.21. The molecule has 2 aromatic carbocycles. The summed E-state index contributed by atoms with van der Waals surface area (Å²) in [7, 11) is 0. The van der Waals surface area contributed by atoms with E-state index < -0.39 is 17.5 Å². The maximum Gasteiger partial charge on any atom is 0.304 e. The predicted octanol–water partition coefficient (Wildman–Crippen LogP) is 3.60. The Balaban J connectivity index is 1.13. The molecule has 2 unspecified atom stereocenters. The summed E-state index contributed by atoms with van der Waals surface area (Å²) in [6, 6.07) is 7.89. The number of amidine groups is 2. The number of nitrogens with zero attached hydrogens (tertiary/aromatic N) is 2. The van der Waals surface area contributed by atoms with Crippen LogP contribution in [0.1, 0.15) is 12.8 Å². The fourth-order valence-corrected chi connectivity index (χ4v) is 3.30. The van der Waals surface area contributed by atoms with Gasteiger partial charge in [0.1, 0.15) is 30.5 Å². The molecule has 0 aromatic heterocycles. The van der Waals surface area contributed by atoms with E-state index in [1.165, 1.54) is 24.3 Å². The first-order valence-corrected chi connectivity index (χ1v) is 10.9. The van der Waals surface area contributed by atoms with Crippen molar-refractivity contribution in [2.45, 2.75) is 24.9 Å². The van der Waals surface area contributed by atoms with E-state index in [2.05, 4.69) is 20.8 Å². The molecule has 0 fully saturated rings. The van der Waals surface area contributed by atoms with Crippen LogP contribution in [0.15, 0.2) is 46.4 Å². The van der Waals surface area contributed by atoms with Crippen LogP contribution in [0.3, 0.4) is 0 Å². The third-order valence-corrected chi connectivity index (χ3v) is 5.21. The SMILES string of the molecule is Fc1ccc(OCCC2COC(NNC3=NC(CCOc4ccc(F)c(Cl)c4)CO3)=N2)cc1F. The minimum absolute atomic E-state index is 0.00682. The maximum absolute atomic E-state index is 13.2. The monoisotopic (exact) mass is 498 g/mol. The van der Waals surface area contributed by atoms with Crippen LogP contribution in [0.2, 0.25) is 5.02 Å². The normalized spacial score (nSPS) is 19.1. The average molecular weight is 499 g/mol. The molecular weight excluding hydrogens is 477 g/mol. The second-order valence-electron chi connectivity index (χ2n) is 7.47. The van der Waals surface area contributed by atoms with E-state index in [1.807, 2.05) is 0 Å². The van der Waals surface area contributed by atoms with Gasteiger partial charge in [-0.15, -0.1) is 0 Å². The number of hydrogen-bond donors (Lipinski definition) is 2. The average Bonchev–Trinajstić information content (AvgIpc) is 3.47. The van der Waals surface area contributed by atoms with Gasteiger partial charge in [-0.3, -0.25) is 0 Å². The molecule has 2 aliphatic rings. The molecule has 0 radical (unpaired) electrons. The molecule has 12 heteroatoms. The van der Waals surface area contributed by atoms with Gasteiger partial charge in [-0.2, -0.15) is 0 Å². The van der Waals surface area contributed by atoms with Crippen molar-refractivity contribution in [2.24, 2.45) is 9.98 Å². The van der Waals surface area contributed by atoms with Crippen molar-refractivity contribution in [1.29, 1.82) is 0 Å². The lowest BCUT2D eigenvalue weighted by atomic mass is 10.2. The van der Waals surface area contributed by atoms with Crippen molar-refractivity contribution in [1.82, 2.24) is 10.9 Å². The quantitative estimate of drug-likeness (QED) is 0.541. The van der Waals surface area contributed by atoms with Crippen LogP contribution in [-0.2, 0) is 9.47 Å². The highest BCUT2D eigenvalue weighted by Gasteiger charge is 2.22. The Morgan fingerprint density at radius 3 is 1.85 bits per heavy atom. The molecular formula is C22H22ClF3N4O4. The first kappa shape index (κ1) is 23.8. The summed E-state index contributed by atoms with van der Waals surface area (Å²) in [5, 5.41) is 0.00682. The minimum atomic E-state index is -0.957. The second-order valence-corrected chi connectivity index (χ2v) is 7.88. The molecule has 2 heterocycles. The molecule has 2 aromatic rings. The van der Waals surface area contributed by atoms with Crippen molar-refractivity contribution in [3.63, 3.8) is 0 Å². The number of benzene rings is 2. The topological polar surface area (TPSA) is 85.7 Å². The zero-order chi connectivity index (χ0) is 23.9. The fourth-order valence-electron chi connectivity index (χ4n) is 3.13. The Hall–Kier alpha value is -3.34. The summed E-state index contributed by atoms with van der Waals surface area (Å²) in [5.41, 5.74) is 5.60. The van der Waals surface area contributed by atoms with Crippen LogP contribution in [-0.4, -0.2) is 50.6 Å². The predicted molar refractivity (Wildman–Crippen MR) is 119 cm³/mol. The van der Waals surface area contributed by atoms with E-state index in [4.69, 9.17) is 30.5 Å². The summed E-state index contributed by atoms with van der Waals surface area (Å²) in [6.07, 6.45) is 1.13. The van der Waals surface area contributed by atoms with Crippen molar-refractivity contribution in [3.05, 3.63) is 58.9 Å². The number of rotatable bonds is 8. The van der Waals surface area contributed by atoms with Crippen LogP contribution >= 0.6 is 11.6 Å². The zero-order valence-electron chi connectivity index (χ0n) is 17.9. The van der Waals surface area contributed by atoms with Crippen molar-refractivity contribution in [3.8, 4) is 11.5 Å². The number of aliphatic imine (C=N–C) groups is 2. The van der Waals surface area contributed by atoms with Crippen LogP contribution in [0.4, 0.5) is 13.2 Å². The van der Waals surface area contributed by atoms with Gasteiger partial charge in [0.2, 0.25) is 0 Å². The molecule has 4 rings (SSSR count). The van der Waals surface area contributed by atoms with Gasteiger partial charge in [0, 0.05) is 25.0 Å². The lowest BCUT2D eigenvalue weighted by Gasteiger charge is -2.08. The molecule has 2 N–H and O–H groups in total. The van der Waals surface area contributed by atoms with E-state index in [0.29, 0.717) is 44.4 Å². The largest absolute Gasteiger partial charge is 0.493 e. The summed E-state index contributed by atoms with van der Waals surface area (Å²) < 4.78 is 61.3. The molecule has 182 valence electrons. The van der Waals surface area contributed by atoms with Gasteiger partial charge < -0.3 is 18.9 Å². The molecule has 34 heavy (non-hydrogen) atoms. The van der Waals surface area contributed by atoms with Gasteiger partial charge in [-0.25, -0.2) is 34.0 Å². The summed E-state index contributed by atoms with van der Waals surface area (Å²) >= 11 is 5.73.